The summed E-state index contributed by atoms with van der Waals surface area (Å²) in [4.78, 5) is 29.5. The fourth-order valence-electron chi connectivity index (χ4n) is 3.97. The molecule has 1 atom stereocenters. The Morgan fingerprint density at radius 2 is 1.77 bits per heavy atom. The first kappa shape index (κ1) is 20.5. The minimum absolute atomic E-state index is 0.00526. The highest BCUT2D eigenvalue weighted by molar-refractivity contribution is 6.31. The van der Waals surface area contributed by atoms with Crippen molar-refractivity contribution in [2.24, 2.45) is 0 Å². The maximum atomic E-state index is 13.0. The second-order valence-electron chi connectivity index (χ2n) is 7.71. The van der Waals surface area contributed by atoms with Crippen LogP contribution in [0, 0.1) is 0 Å². The van der Waals surface area contributed by atoms with Crippen molar-refractivity contribution in [3.8, 4) is 5.75 Å². The van der Waals surface area contributed by atoms with Gasteiger partial charge in [0, 0.05) is 24.7 Å². The van der Waals surface area contributed by atoms with Gasteiger partial charge >= 0.3 is 0 Å². The van der Waals surface area contributed by atoms with Gasteiger partial charge < -0.3 is 19.9 Å². The van der Waals surface area contributed by atoms with Gasteiger partial charge in [-0.2, -0.15) is 0 Å². The maximum absolute atomic E-state index is 13.0. The monoisotopic (exact) mass is 427 g/mol. The summed E-state index contributed by atoms with van der Waals surface area (Å²) >= 11 is 6.17. The Morgan fingerprint density at radius 3 is 2.57 bits per heavy atom. The number of ether oxygens (including phenoxy) is 1. The molecule has 7 heteroatoms. The van der Waals surface area contributed by atoms with Crippen molar-refractivity contribution in [2.75, 3.05) is 31.1 Å². The lowest BCUT2D eigenvalue weighted by molar-refractivity contribution is -0.139. The first-order chi connectivity index (χ1) is 14.6. The molecule has 2 aromatic rings. The number of fused-ring (bicyclic) bond motifs is 1. The maximum Gasteiger partial charge on any atom is 0.265 e. The van der Waals surface area contributed by atoms with Crippen molar-refractivity contribution < 1.29 is 14.3 Å². The highest BCUT2D eigenvalue weighted by Crippen LogP contribution is 2.33. The molecule has 1 N–H and O–H groups in total. The number of para-hydroxylation sites is 2. The highest BCUT2D eigenvalue weighted by Gasteiger charge is 2.34. The number of amides is 2. The summed E-state index contributed by atoms with van der Waals surface area (Å²) in [6.45, 7) is 2.42. The Bertz CT molecular complexity index is 914. The molecule has 1 unspecified atom stereocenters. The number of piperidine rings is 1. The zero-order chi connectivity index (χ0) is 20.9. The number of hydrogen-bond donors (Lipinski definition) is 1. The molecule has 1 fully saturated rings. The predicted octanol–water partition coefficient (Wildman–Crippen LogP) is 3.24. The van der Waals surface area contributed by atoms with Gasteiger partial charge in [0.25, 0.3) is 5.91 Å². The van der Waals surface area contributed by atoms with Gasteiger partial charge in [0.1, 0.15) is 5.75 Å². The summed E-state index contributed by atoms with van der Waals surface area (Å²) in [6.07, 6.45) is 2.62. The molecule has 2 aromatic carbocycles. The molecule has 0 bridgehead atoms. The van der Waals surface area contributed by atoms with Crippen molar-refractivity contribution in [2.45, 2.75) is 31.9 Å². The normalized spacial score (nSPS) is 18.4. The first-order valence-corrected chi connectivity index (χ1v) is 10.8. The fourth-order valence-corrected chi connectivity index (χ4v) is 4.17. The number of nitrogens with zero attached hydrogens (tertiary/aromatic N) is 2. The summed E-state index contributed by atoms with van der Waals surface area (Å²) in [5.74, 6) is 0.513. The van der Waals surface area contributed by atoms with E-state index in [9.17, 15) is 9.59 Å². The number of rotatable bonds is 5. The summed E-state index contributed by atoms with van der Waals surface area (Å²) in [7, 11) is 0. The molecule has 0 spiro atoms. The SMILES string of the molecule is O=C(CN1CC(C(=O)N2CCCCC2)Oc2ccccc21)NCc1ccccc1Cl. The van der Waals surface area contributed by atoms with Crippen LogP contribution in [0.4, 0.5) is 5.69 Å². The van der Waals surface area contributed by atoms with E-state index < -0.39 is 6.10 Å². The van der Waals surface area contributed by atoms with Gasteiger partial charge in [0.05, 0.1) is 18.8 Å². The van der Waals surface area contributed by atoms with Crippen molar-refractivity contribution in [1.29, 1.82) is 0 Å². The third-order valence-corrected chi connectivity index (χ3v) is 5.94. The van der Waals surface area contributed by atoms with E-state index in [1.807, 2.05) is 52.3 Å². The Morgan fingerprint density at radius 1 is 1.03 bits per heavy atom. The van der Waals surface area contributed by atoms with E-state index >= 15 is 0 Å². The number of halogens is 1. The Hall–Kier alpha value is -2.73. The minimum atomic E-state index is -0.602. The van der Waals surface area contributed by atoms with Gasteiger partial charge in [0.2, 0.25) is 5.91 Å². The molecule has 2 aliphatic heterocycles. The molecule has 0 saturated carbocycles. The number of carbonyl (C=O) groups is 2. The average Bonchev–Trinajstić information content (AvgIpc) is 2.78. The van der Waals surface area contributed by atoms with Gasteiger partial charge in [-0.05, 0) is 43.0 Å². The van der Waals surface area contributed by atoms with E-state index in [0.29, 0.717) is 23.9 Å². The van der Waals surface area contributed by atoms with Crippen LogP contribution in [0.15, 0.2) is 48.5 Å². The topological polar surface area (TPSA) is 61.9 Å². The van der Waals surface area contributed by atoms with Crippen LogP contribution in [0.25, 0.3) is 0 Å². The third-order valence-electron chi connectivity index (χ3n) is 5.57. The van der Waals surface area contributed by atoms with E-state index in [0.717, 1.165) is 43.6 Å². The third kappa shape index (κ3) is 4.70. The van der Waals surface area contributed by atoms with Crippen LogP contribution >= 0.6 is 11.6 Å². The van der Waals surface area contributed by atoms with Gasteiger partial charge in [0.15, 0.2) is 6.10 Å². The van der Waals surface area contributed by atoms with Crippen LogP contribution in [-0.4, -0.2) is 49.0 Å². The van der Waals surface area contributed by atoms with Crippen LogP contribution in [-0.2, 0) is 16.1 Å². The number of nitrogens with one attached hydrogen (secondary N) is 1. The summed E-state index contributed by atoms with van der Waals surface area (Å²) in [6, 6.07) is 15.0. The van der Waals surface area contributed by atoms with E-state index in [1.54, 1.807) is 6.07 Å². The summed E-state index contributed by atoms with van der Waals surface area (Å²) < 4.78 is 6.02. The highest BCUT2D eigenvalue weighted by atomic mass is 35.5. The second kappa shape index (κ2) is 9.39. The zero-order valence-electron chi connectivity index (χ0n) is 16.9. The Balaban J connectivity index is 1.43. The van der Waals surface area contributed by atoms with E-state index in [4.69, 9.17) is 16.3 Å². The zero-order valence-corrected chi connectivity index (χ0v) is 17.6. The molecule has 0 aromatic heterocycles. The molecular weight excluding hydrogens is 402 g/mol. The van der Waals surface area contributed by atoms with Gasteiger partial charge in [-0.1, -0.05) is 41.9 Å². The smallest absolute Gasteiger partial charge is 0.265 e. The molecule has 2 aliphatic rings. The number of anilines is 1. The Labute approximate surface area is 181 Å². The number of carbonyl (C=O) groups excluding carboxylic acids is 2. The fraction of sp³-hybridized carbons (Fsp3) is 0.391. The van der Waals surface area contributed by atoms with Crippen LogP contribution in [0.2, 0.25) is 5.02 Å². The van der Waals surface area contributed by atoms with E-state index in [2.05, 4.69) is 5.32 Å². The van der Waals surface area contributed by atoms with Crippen molar-refractivity contribution >= 4 is 29.1 Å². The molecule has 0 aliphatic carbocycles. The molecule has 2 amide bonds. The average molecular weight is 428 g/mol. The first-order valence-electron chi connectivity index (χ1n) is 10.4. The van der Waals surface area contributed by atoms with Crippen molar-refractivity contribution in [3.05, 3.63) is 59.1 Å². The lowest BCUT2D eigenvalue weighted by Crippen LogP contribution is -2.53. The summed E-state index contributed by atoms with van der Waals surface area (Å²) in [5, 5.41) is 3.55. The van der Waals surface area contributed by atoms with Crippen molar-refractivity contribution in [3.63, 3.8) is 0 Å². The molecule has 4 rings (SSSR count). The standard InChI is InChI=1S/C23H26ClN3O3/c24-18-9-3-2-8-17(18)14-25-22(28)16-27-15-21(23(29)26-12-6-1-7-13-26)30-20-11-5-4-10-19(20)27/h2-5,8-11,21H,1,6-7,12-16H2,(H,25,28). The van der Waals surface area contributed by atoms with Gasteiger partial charge in [-0.15, -0.1) is 0 Å². The number of hydrogen-bond acceptors (Lipinski definition) is 4. The number of likely N-dealkylation sites (tertiary alicyclic amines) is 1. The molecule has 2 heterocycles. The summed E-state index contributed by atoms with van der Waals surface area (Å²) in [5.41, 5.74) is 1.70. The lowest BCUT2D eigenvalue weighted by atomic mass is 10.1. The molecule has 6 nitrogen and oxygen atoms in total. The van der Waals surface area contributed by atoms with Crippen LogP contribution in [0.3, 0.4) is 0 Å². The molecular formula is C23H26ClN3O3. The lowest BCUT2D eigenvalue weighted by Gasteiger charge is -2.38. The van der Waals surface area contributed by atoms with Gasteiger partial charge in [-0.3, -0.25) is 9.59 Å². The second-order valence-corrected chi connectivity index (χ2v) is 8.12. The largest absolute Gasteiger partial charge is 0.477 e. The minimum Gasteiger partial charge on any atom is -0.477 e. The van der Waals surface area contributed by atoms with Crippen molar-refractivity contribution in [1.82, 2.24) is 10.2 Å². The molecule has 0 radical (unpaired) electrons. The van der Waals surface area contributed by atoms with Crippen LogP contribution in [0.5, 0.6) is 5.75 Å². The molecule has 158 valence electrons. The number of benzene rings is 2. The quantitative estimate of drug-likeness (QED) is 0.795. The Kier molecular flexibility index (Phi) is 6.43. The van der Waals surface area contributed by atoms with E-state index in [-0.39, 0.29) is 18.4 Å². The van der Waals surface area contributed by atoms with Crippen LogP contribution < -0.4 is 15.0 Å². The van der Waals surface area contributed by atoms with Gasteiger partial charge in [-0.25, -0.2) is 0 Å². The molecule has 1 saturated heterocycles. The molecule has 30 heavy (non-hydrogen) atoms. The van der Waals surface area contributed by atoms with E-state index in [1.165, 1.54) is 0 Å². The van der Waals surface area contributed by atoms with Crippen LogP contribution in [0.1, 0.15) is 24.8 Å². The predicted molar refractivity (Wildman–Crippen MR) is 117 cm³/mol.